The number of nitrogens with zero attached hydrogens (tertiary/aromatic N) is 2. The summed E-state index contributed by atoms with van der Waals surface area (Å²) in [5.41, 5.74) is 1.21. The van der Waals surface area contributed by atoms with Crippen molar-refractivity contribution in [3.05, 3.63) is 52.1 Å². The topological polar surface area (TPSA) is 37.8 Å². The Bertz CT molecular complexity index is 739. The third-order valence-electron chi connectivity index (χ3n) is 3.14. The number of thiophene rings is 1. The standard InChI is InChI=1S/C15H14ClN3S/c1-9-8-12-13(18-15(16)19-14(12)20-9)17-10(2)11-6-4-3-5-7-11/h3-8,10H,1-2H3,(H,17,18,19). The zero-order valence-electron chi connectivity index (χ0n) is 11.2. The van der Waals surface area contributed by atoms with Crippen LogP contribution in [0.25, 0.3) is 10.2 Å². The summed E-state index contributed by atoms with van der Waals surface area (Å²) in [4.78, 5) is 10.7. The van der Waals surface area contributed by atoms with Crippen molar-refractivity contribution in [2.45, 2.75) is 19.9 Å². The molecule has 3 rings (SSSR count). The van der Waals surface area contributed by atoms with Gasteiger partial charge in [-0.05, 0) is 37.1 Å². The first-order chi connectivity index (χ1) is 9.63. The molecule has 0 radical (unpaired) electrons. The second kappa shape index (κ2) is 5.38. The van der Waals surface area contributed by atoms with Gasteiger partial charge in [-0.2, -0.15) is 0 Å². The fourth-order valence-corrected chi connectivity index (χ4v) is 3.25. The maximum Gasteiger partial charge on any atom is 0.225 e. The molecule has 0 aliphatic carbocycles. The maximum atomic E-state index is 6.01. The molecule has 2 aromatic heterocycles. The van der Waals surface area contributed by atoms with Crippen molar-refractivity contribution in [1.82, 2.24) is 9.97 Å². The van der Waals surface area contributed by atoms with Gasteiger partial charge in [-0.1, -0.05) is 30.3 Å². The molecule has 3 nitrogen and oxygen atoms in total. The average molecular weight is 304 g/mol. The molecule has 20 heavy (non-hydrogen) atoms. The van der Waals surface area contributed by atoms with Crippen molar-refractivity contribution in [1.29, 1.82) is 0 Å². The van der Waals surface area contributed by atoms with E-state index in [0.717, 1.165) is 16.0 Å². The molecule has 1 unspecified atom stereocenters. The van der Waals surface area contributed by atoms with Crippen molar-refractivity contribution in [3.63, 3.8) is 0 Å². The monoisotopic (exact) mass is 303 g/mol. The number of benzene rings is 1. The quantitative estimate of drug-likeness (QED) is 0.704. The lowest BCUT2D eigenvalue weighted by molar-refractivity contribution is 0.876. The molecule has 2 heterocycles. The van der Waals surface area contributed by atoms with E-state index in [1.807, 2.05) is 18.2 Å². The van der Waals surface area contributed by atoms with Crippen molar-refractivity contribution in [2.24, 2.45) is 0 Å². The predicted octanol–water partition coefficient (Wildman–Crippen LogP) is 4.83. The summed E-state index contributed by atoms with van der Waals surface area (Å²) >= 11 is 7.63. The minimum atomic E-state index is 0.158. The fourth-order valence-electron chi connectivity index (χ4n) is 2.16. The van der Waals surface area contributed by atoms with Gasteiger partial charge in [0.05, 0.1) is 5.39 Å². The van der Waals surface area contributed by atoms with Crippen LogP contribution in [0, 0.1) is 6.92 Å². The molecule has 0 fully saturated rings. The Labute approximate surface area is 126 Å². The zero-order valence-corrected chi connectivity index (χ0v) is 12.8. The van der Waals surface area contributed by atoms with E-state index in [4.69, 9.17) is 11.6 Å². The SMILES string of the molecule is Cc1cc2c(NC(C)c3ccccc3)nc(Cl)nc2s1. The van der Waals surface area contributed by atoms with Crippen molar-refractivity contribution in [3.8, 4) is 0 Å². The first-order valence-corrected chi connectivity index (χ1v) is 7.58. The van der Waals surface area contributed by atoms with Crippen molar-refractivity contribution >= 4 is 39.0 Å². The van der Waals surface area contributed by atoms with Gasteiger partial charge < -0.3 is 5.32 Å². The van der Waals surface area contributed by atoms with Gasteiger partial charge in [0.2, 0.25) is 5.28 Å². The summed E-state index contributed by atoms with van der Waals surface area (Å²) in [5.74, 6) is 0.792. The van der Waals surface area contributed by atoms with Crippen LogP contribution in [-0.2, 0) is 0 Å². The number of hydrogen-bond donors (Lipinski definition) is 1. The van der Waals surface area contributed by atoms with Crippen LogP contribution < -0.4 is 5.32 Å². The average Bonchev–Trinajstić information content (AvgIpc) is 2.80. The Balaban J connectivity index is 1.98. The molecule has 1 atom stereocenters. The smallest absolute Gasteiger partial charge is 0.225 e. The molecular formula is C15H14ClN3S. The van der Waals surface area contributed by atoms with E-state index in [0.29, 0.717) is 0 Å². The predicted molar refractivity (Wildman–Crippen MR) is 85.6 cm³/mol. The second-order valence-electron chi connectivity index (χ2n) is 4.69. The number of halogens is 1. The van der Waals surface area contributed by atoms with Crippen LogP contribution in [0.1, 0.15) is 23.4 Å². The highest BCUT2D eigenvalue weighted by molar-refractivity contribution is 7.18. The van der Waals surface area contributed by atoms with Gasteiger partial charge >= 0.3 is 0 Å². The lowest BCUT2D eigenvalue weighted by atomic mass is 10.1. The summed E-state index contributed by atoms with van der Waals surface area (Å²) in [6.07, 6.45) is 0. The number of fused-ring (bicyclic) bond motifs is 1. The van der Waals surface area contributed by atoms with Gasteiger partial charge in [-0.3, -0.25) is 0 Å². The van der Waals surface area contributed by atoms with E-state index in [-0.39, 0.29) is 11.3 Å². The molecular weight excluding hydrogens is 290 g/mol. The largest absolute Gasteiger partial charge is 0.363 e. The zero-order chi connectivity index (χ0) is 14.1. The van der Waals surface area contributed by atoms with Crippen LogP contribution in [0.4, 0.5) is 5.82 Å². The van der Waals surface area contributed by atoms with E-state index < -0.39 is 0 Å². The summed E-state index contributed by atoms with van der Waals surface area (Å²) in [6.45, 7) is 4.17. The number of hydrogen-bond acceptors (Lipinski definition) is 4. The second-order valence-corrected chi connectivity index (χ2v) is 6.27. The molecule has 0 spiro atoms. The Morgan fingerprint density at radius 3 is 2.70 bits per heavy atom. The molecule has 0 aliphatic heterocycles. The number of rotatable bonds is 3. The van der Waals surface area contributed by atoms with Gasteiger partial charge in [0.25, 0.3) is 0 Å². The Hall–Kier alpha value is -1.65. The normalized spacial score (nSPS) is 12.6. The molecule has 1 N–H and O–H groups in total. The summed E-state index contributed by atoms with van der Waals surface area (Å²) in [7, 11) is 0. The molecule has 5 heteroatoms. The minimum Gasteiger partial charge on any atom is -0.363 e. The molecule has 0 saturated carbocycles. The highest BCUT2D eigenvalue weighted by Gasteiger charge is 2.12. The lowest BCUT2D eigenvalue weighted by Crippen LogP contribution is -2.08. The number of nitrogens with one attached hydrogen (secondary N) is 1. The van der Waals surface area contributed by atoms with E-state index >= 15 is 0 Å². The van der Waals surface area contributed by atoms with Gasteiger partial charge in [0, 0.05) is 10.9 Å². The molecule has 1 aromatic carbocycles. The number of anilines is 1. The van der Waals surface area contributed by atoms with E-state index in [1.165, 1.54) is 10.4 Å². The van der Waals surface area contributed by atoms with Crippen molar-refractivity contribution in [2.75, 3.05) is 5.32 Å². The van der Waals surface area contributed by atoms with E-state index in [9.17, 15) is 0 Å². The van der Waals surface area contributed by atoms with Crippen LogP contribution in [0.3, 0.4) is 0 Å². The van der Waals surface area contributed by atoms with Gasteiger partial charge in [0.15, 0.2) is 0 Å². The van der Waals surface area contributed by atoms with Crippen molar-refractivity contribution < 1.29 is 0 Å². The third kappa shape index (κ3) is 2.62. The van der Waals surface area contributed by atoms with Crippen LogP contribution in [0.15, 0.2) is 36.4 Å². The van der Waals surface area contributed by atoms with Crippen LogP contribution in [-0.4, -0.2) is 9.97 Å². The summed E-state index contributed by atoms with van der Waals surface area (Å²) in [6, 6.07) is 12.5. The molecule has 0 bridgehead atoms. The molecule has 0 amide bonds. The molecule has 102 valence electrons. The van der Waals surface area contributed by atoms with E-state index in [2.05, 4.69) is 47.3 Å². The van der Waals surface area contributed by atoms with Gasteiger partial charge in [0.1, 0.15) is 10.6 Å². The summed E-state index contributed by atoms with van der Waals surface area (Å²) in [5, 5.41) is 4.73. The summed E-state index contributed by atoms with van der Waals surface area (Å²) < 4.78 is 0. The molecule has 0 aliphatic rings. The highest BCUT2D eigenvalue weighted by Crippen LogP contribution is 2.31. The minimum absolute atomic E-state index is 0.158. The lowest BCUT2D eigenvalue weighted by Gasteiger charge is -2.15. The number of aryl methyl sites for hydroxylation is 1. The van der Waals surface area contributed by atoms with Crippen LogP contribution in [0.5, 0.6) is 0 Å². The van der Waals surface area contributed by atoms with Gasteiger partial charge in [-0.15, -0.1) is 11.3 Å². The van der Waals surface area contributed by atoms with Crippen LogP contribution >= 0.6 is 22.9 Å². The van der Waals surface area contributed by atoms with Crippen LogP contribution in [0.2, 0.25) is 5.28 Å². The fraction of sp³-hybridized carbons (Fsp3) is 0.200. The highest BCUT2D eigenvalue weighted by atomic mass is 35.5. The Morgan fingerprint density at radius 1 is 1.20 bits per heavy atom. The van der Waals surface area contributed by atoms with E-state index in [1.54, 1.807) is 11.3 Å². The number of aromatic nitrogens is 2. The maximum absolute atomic E-state index is 6.01. The van der Waals surface area contributed by atoms with Gasteiger partial charge in [-0.25, -0.2) is 9.97 Å². The molecule has 3 aromatic rings. The Morgan fingerprint density at radius 2 is 1.95 bits per heavy atom. The third-order valence-corrected chi connectivity index (χ3v) is 4.25. The molecule has 0 saturated heterocycles. The first-order valence-electron chi connectivity index (χ1n) is 6.38. The first kappa shape index (κ1) is 13.3. The Kier molecular flexibility index (Phi) is 3.59.